The van der Waals surface area contributed by atoms with Gasteiger partial charge in [-0.15, -0.1) is 0 Å². The molecule has 0 bridgehead atoms. The van der Waals surface area contributed by atoms with E-state index in [1.165, 1.54) is 0 Å². The fourth-order valence-electron chi connectivity index (χ4n) is 2.62. The number of rotatable bonds is 6. The molecule has 2 aliphatic heterocycles. The summed E-state index contributed by atoms with van der Waals surface area (Å²) in [6.07, 6.45) is -11.3. The number of aliphatic hydroxyl groups is 6. The van der Waals surface area contributed by atoms with Crippen LogP contribution in [-0.2, 0) is 18.9 Å². The summed E-state index contributed by atoms with van der Waals surface area (Å²) in [5.74, 6) is 0. The predicted molar refractivity (Wildman–Crippen MR) is 76.6 cm³/mol. The Morgan fingerprint density at radius 2 is 1.67 bits per heavy atom. The van der Waals surface area contributed by atoms with Crippen LogP contribution in [0.25, 0.3) is 0 Å². The van der Waals surface area contributed by atoms with E-state index in [1.807, 2.05) is 6.92 Å². The second-order valence-electron chi connectivity index (χ2n) is 5.93. The van der Waals surface area contributed by atoms with Gasteiger partial charge in [0.25, 0.3) is 0 Å². The Bertz CT molecular complexity index is 383. The van der Waals surface area contributed by atoms with Crippen molar-refractivity contribution in [3.63, 3.8) is 0 Å². The van der Waals surface area contributed by atoms with Gasteiger partial charge in [-0.3, -0.25) is 0 Å². The molecule has 6 N–H and O–H groups in total. The Balaban J connectivity index is 2.08. The zero-order chi connectivity index (χ0) is 17.9. The molecule has 10 heteroatoms. The first-order valence-corrected chi connectivity index (χ1v) is 7.96. The molecule has 2 aliphatic rings. The molecule has 24 heavy (non-hydrogen) atoms. The van der Waals surface area contributed by atoms with Gasteiger partial charge in [-0.25, -0.2) is 0 Å². The Morgan fingerprint density at radius 3 is 2.29 bits per heavy atom. The number of ether oxygens (including phenoxy) is 4. The first-order chi connectivity index (χ1) is 11.4. The Labute approximate surface area is 139 Å². The van der Waals surface area contributed by atoms with Crippen LogP contribution < -0.4 is 0 Å². The van der Waals surface area contributed by atoms with Crippen LogP contribution in [-0.4, -0.2) is 106 Å². The zero-order valence-corrected chi connectivity index (χ0v) is 13.3. The summed E-state index contributed by atoms with van der Waals surface area (Å²) in [6, 6.07) is 0. The maximum Gasteiger partial charge on any atom is 0.187 e. The highest BCUT2D eigenvalue weighted by Gasteiger charge is 2.49. The van der Waals surface area contributed by atoms with E-state index >= 15 is 0 Å². The third kappa shape index (κ3) is 4.22. The molecular weight excluding hydrogens is 328 g/mol. The number of aliphatic hydroxyl groups excluding tert-OH is 6. The normalized spacial score (nSPS) is 46.9. The van der Waals surface area contributed by atoms with E-state index in [0.29, 0.717) is 6.42 Å². The third-order valence-electron chi connectivity index (χ3n) is 4.06. The van der Waals surface area contributed by atoms with Gasteiger partial charge in [-0.05, 0) is 6.42 Å². The van der Waals surface area contributed by atoms with Crippen LogP contribution >= 0.6 is 0 Å². The lowest BCUT2D eigenvalue weighted by atomic mass is 9.98. The van der Waals surface area contributed by atoms with Crippen molar-refractivity contribution in [2.24, 2.45) is 0 Å². The van der Waals surface area contributed by atoms with E-state index < -0.39 is 61.9 Å². The van der Waals surface area contributed by atoms with Gasteiger partial charge < -0.3 is 49.6 Å². The zero-order valence-electron chi connectivity index (χ0n) is 13.3. The molecular formula is C14H26O10. The minimum absolute atomic E-state index is 0.269. The van der Waals surface area contributed by atoms with Gasteiger partial charge in [-0.2, -0.15) is 0 Å². The third-order valence-corrected chi connectivity index (χ3v) is 4.06. The Kier molecular flexibility index (Phi) is 7.31. The average Bonchev–Trinajstić information content (AvgIpc) is 2.58. The molecule has 0 radical (unpaired) electrons. The van der Waals surface area contributed by atoms with E-state index in [0.717, 1.165) is 0 Å². The first kappa shape index (κ1) is 19.9. The lowest BCUT2D eigenvalue weighted by Crippen LogP contribution is -2.63. The molecule has 0 aromatic rings. The summed E-state index contributed by atoms with van der Waals surface area (Å²) in [6.45, 7) is 1.35. The van der Waals surface area contributed by atoms with Gasteiger partial charge in [-0.1, -0.05) is 6.92 Å². The van der Waals surface area contributed by atoms with Gasteiger partial charge in [0.2, 0.25) is 0 Å². The standard InChI is InChI=1S/C14H26O10/c1-2-3-21-14-12(10(19)9(18)7(4-15)23-14)24-13-11(20)8(17)6(16)5-22-13/h6-20H,2-5H2,1H3. The SMILES string of the molecule is CCCOC1OC(CO)C(O)C(O)C1OC1OCC(O)C(O)C1O. The summed E-state index contributed by atoms with van der Waals surface area (Å²) in [7, 11) is 0. The molecule has 9 unspecified atom stereocenters. The number of hydrogen-bond donors (Lipinski definition) is 6. The summed E-state index contributed by atoms with van der Waals surface area (Å²) >= 11 is 0. The summed E-state index contributed by atoms with van der Waals surface area (Å²) in [4.78, 5) is 0. The molecule has 0 aliphatic carbocycles. The van der Waals surface area contributed by atoms with E-state index in [4.69, 9.17) is 18.9 Å². The van der Waals surface area contributed by atoms with Crippen LogP contribution in [0.2, 0.25) is 0 Å². The molecule has 2 saturated heterocycles. The molecule has 0 amide bonds. The molecule has 0 aromatic heterocycles. The molecule has 0 aromatic carbocycles. The summed E-state index contributed by atoms with van der Waals surface area (Å²) in [5.41, 5.74) is 0. The van der Waals surface area contributed by atoms with Crippen LogP contribution in [0.15, 0.2) is 0 Å². The quantitative estimate of drug-likeness (QED) is 0.285. The van der Waals surface area contributed by atoms with E-state index in [9.17, 15) is 30.6 Å². The highest BCUT2D eigenvalue weighted by molar-refractivity contribution is 4.92. The van der Waals surface area contributed by atoms with Crippen molar-refractivity contribution < 1.29 is 49.6 Å². The lowest BCUT2D eigenvalue weighted by Gasteiger charge is -2.44. The fraction of sp³-hybridized carbons (Fsp3) is 1.00. The molecule has 0 spiro atoms. The monoisotopic (exact) mass is 354 g/mol. The first-order valence-electron chi connectivity index (χ1n) is 7.96. The lowest BCUT2D eigenvalue weighted by molar-refractivity contribution is -0.356. The Hall–Kier alpha value is -0.400. The van der Waals surface area contributed by atoms with Crippen molar-refractivity contribution in [1.82, 2.24) is 0 Å². The van der Waals surface area contributed by atoms with Crippen molar-refractivity contribution in [2.75, 3.05) is 19.8 Å². The average molecular weight is 354 g/mol. The maximum absolute atomic E-state index is 10.2. The highest BCUT2D eigenvalue weighted by Crippen LogP contribution is 2.28. The van der Waals surface area contributed by atoms with Crippen molar-refractivity contribution in [2.45, 2.75) is 68.7 Å². The van der Waals surface area contributed by atoms with E-state index in [1.54, 1.807) is 0 Å². The highest BCUT2D eigenvalue weighted by atomic mass is 16.7. The molecule has 142 valence electrons. The molecule has 0 saturated carbocycles. The second kappa shape index (κ2) is 8.81. The van der Waals surface area contributed by atoms with Crippen molar-refractivity contribution in [3.8, 4) is 0 Å². The van der Waals surface area contributed by atoms with Gasteiger partial charge in [0.15, 0.2) is 12.6 Å². The fourth-order valence-corrected chi connectivity index (χ4v) is 2.62. The van der Waals surface area contributed by atoms with Gasteiger partial charge >= 0.3 is 0 Å². The molecule has 10 nitrogen and oxygen atoms in total. The smallest absolute Gasteiger partial charge is 0.187 e. The van der Waals surface area contributed by atoms with Crippen LogP contribution in [0, 0.1) is 0 Å². The maximum atomic E-state index is 10.2. The predicted octanol–water partition coefficient (Wildman–Crippen LogP) is -3.32. The molecule has 2 rings (SSSR count). The van der Waals surface area contributed by atoms with Crippen molar-refractivity contribution in [3.05, 3.63) is 0 Å². The van der Waals surface area contributed by atoms with Gasteiger partial charge in [0.05, 0.1) is 13.2 Å². The van der Waals surface area contributed by atoms with E-state index in [2.05, 4.69) is 0 Å². The molecule has 2 heterocycles. The summed E-state index contributed by atoms with van der Waals surface area (Å²) in [5, 5.41) is 58.5. The van der Waals surface area contributed by atoms with Gasteiger partial charge in [0, 0.05) is 6.61 Å². The van der Waals surface area contributed by atoms with Gasteiger partial charge in [0.1, 0.15) is 42.7 Å². The van der Waals surface area contributed by atoms with Crippen molar-refractivity contribution >= 4 is 0 Å². The second-order valence-corrected chi connectivity index (χ2v) is 5.93. The van der Waals surface area contributed by atoms with Crippen LogP contribution in [0.4, 0.5) is 0 Å². The Morgan fingerprint density at radius 1 is 0.958 bits per heavy atom. The van der Waals surface area contributed by atoms with Crippen LogP contribution in [0.1, 0.15) is 13.3 Å². The van der Waals surface area contributed by atoms with Crippen LogP contribution in [0.5, 0.6) is 0 Å². The van der Waals surface area contributed by atoms with E-state index in [-0.39, 0.29) is 13.2 Å². The molecule has 2 fully saturated rings. The molecule has 9 atom stereocenters. The minimum Gasteiger partial charge on any atom is -0.394 e. The van der Waals surface area contributed by atoms with Crippen molar-refractivity contribution in [1.29, 1.82) is 0 Å². The number of hydrogen-bond acceptors (Lipinski definition) is 10. The van der Waals surface area contributed by atoms with Crippen LogP contribution in [0.3, 0.4) is 0 Å². The summed E-state index contributed by atoms with van der Waals surface area (Å²) < 4.78 is 21.4. The largest absolute Gasteiger partial charge is 0.394 e. The minimum atomic E-state index is -1.56. The topological polar surface area (TPSA) is 158 Å².